The minimum absolute atomic E-state index is 0.0355. The molecule has 5 rings (SSSR count). The molecule has 39 heavy (non-hydrogen) atoms. The van der Waals surface area contributed by atoms with Crippen LogP contribution in [0, 0.1) is 15.9 Å². The van der Waals surface area contributed by atoms with Crippen LogP contribution >= 0.6 is 27.3 Å². The number of carbonyl (C=O) groups is 1. The van der Waals surface area contributed by atoms with Gasteiger partial charge in [0.1, 0.15) is 17.4 Å². The maximum absolute atomic E-state index is 13.3. The van der Waals surface area contributed by atoms with Crippen molar-refractivity contribution in [3.8, 4) is 5.75 Å². The third-order valence-electron chi connectivity index (χ3n) is 6.28. The number of carbonyl (C=O) groups excluding carboxylic acids is 1. The molecule has 1 amide bonds. The van der Waals surface area contributed by atoms with Crippen LogP contribution in [0.3, 0.4) is 0 Å². The van der Waals surface area contributed by atoms with E-state index >= 15 is 0 Å². The van der Waals surface area contributed by atoms with Gasteiger partial charge in [0.25, 0.3) is 5.91 Å². The first-order valence-corrected chi connectivity index (χ1v) is 13.9. The number of ether oxygens (including phenoxy) is 1. The Morgan fingerprint density at radius 1 is 1.13 bits per heavy atom. The van der Waals surface area contributed by atoms with Crippen molar-refractivity contribution in [3.63, 3.8) is 0 Å². The lowest BCUT2D eigenvalue weighted by atomic mass is 9.95. The zero-order valence-corrected chi connectivity index (χ0v) is 23.1. The summed E-state index contributed by atoms with van der Waals surface area (Å²) >= 11 is 4.88. The number of nitrogens with one attached hydrogen (secondary N) is 1. The highest BCUT2D eigenvalue weighted by atomic mass is 79.9. The smallest absolute Gasteiger partial charge is 0.312 e. The zero-order valence-electron chi connectivity index (χ0n) is 20.7. The molecule has 0 radical (unpaired) electrons. The molecule has 4 aromatic rings. The molecule has 10 heteroatoms. The van der Waals surface area contributed by atoms with E-state index in [0.717, 1.165) is 36.1 Å². The van der Waals surface area contributed by atoms with E-state index in [1.807, 2.05) is 30.3 Å². The number of hydrogen-bond donors (Lipinski definition) is 1. The Hall–Kier alpha value is -3.89. The molecular formula is C29H23BrFN3O4S. The van der Waals surface area contributed by atoms with Gasteiger partial charge in [0.2, 0.25) is 5.75 Å². The summed E-state index contributed by atoms with van der Waals surface area (Å²) in [7, 11) is 0. The maximum Gasteiger partial charge on any atom is 0.312 e. The van der Waals surface area contributed by atoms with Crippen LogP contribution in [0.15, 0.2) is 76.2 Å². The van der Waals surface area contributed by atoms with Crippen LogP contribution < -0.4 is 10.1 Å². The average molecular weight is 608 g/mol. The van der Waals surface area contributed by atoms with Crippen molar-refractivity contribution in [3.05, 3.63) is 114 Å². The van der Waals surface area contributed by atoms with Gasteiger partial charge in [0.05, 0.1) is 15.0 Å². The van der Waals surface area contributed by atoms with E-state index in [1.54, 1.807) is 18.2 Å². The summed E-state index contributed by atoms with van der Waals surface area (Å²) < 4.78 is 19.3. The first kappa shape index (κ1) is 26.7. The number of thiophene rings is 1. The van der Waals surface area contributed by atoms with Gasteiger partial charge < -0.3 is 10.1 Å². The molecule has 1 heterocycles. The summed E-state index contributed by atoms with van der Waals surface area (Å²) in [4.78, 5) is 30.4. The number of hydrogen-bond acceptors (Lipinski definition) is 6. The molecule has 1 aromatic heterocycles. The molecule has 1 aliphatic carbocycles. The second kappa shape index (κ2) is 11.9. The lowest BCUT2D eigenvalue weighted by molar-refractivity contribution is -0.386. The van der Waals surface area contributed by atoms with Crippen LogP contribution in [0.2, 0.25) is 0 Å². The molecule has 0 saturated heterocycles. The average Bonchev–Trinajstić information content (AvgIpc) is 3.31. The van der Waals surface area contributed by atoms with Gasteiger partial charge in [-0.1, -0.05) is 30.3 Å². The van der Waals surface area contributed by atoms with E-state index < -0.39 is 4.92 Å². The van der Waals surface area contributed by atoms with Crippen molar-refractivity contribution in [2.45, 2.75) is 32.3 Å². The normalized spacial score (nSPS) is 12.8. The zero-order chi connectivity index (χ0) is 27.4. The molecule has 0 unspecified atom stereocenters. The SMILES string of the molecule is O=C(Nc1ccccc1)c1c(N=Cc2cc(Br)c(OCc3ccc(F)cc3)c([N+](=O)[O-])c2)sc2c1CCCC2. The van der Waals surface area contributed by atoms with E-state index in [1.165, 1.54) is 35.8 Å². The number of rotatable bonds is 8. The van der Waals surface area contributed by atoms with Gasteiger partial charge >= 0.3 is 5.69 Å². The second-order valence-corrected chi connectivity index (χ2v) is 10.9. The minimum atomic E-state index is -0.523. The second-order valence-electron chi connectivity index (χ2n) is 8.99. The highest BCUT2D eigenvalue weighted by Gasteiger charge is 2.26. The van der Waals surface area contributed by atoms with Crippen LogP contribution in [0.4, 0.5) is 20.8 Å². The number of para-hydroxylation sites is 1. The van der Waals surface area contributed by atoms with Gasteiger partial charge in [0.15, 0.2) is 0 Å². The van der Waals surface area contributed by atoms with Crippen molar-refractivity contribution < 1.29 is 18.8 Å². The Labute approximate surface area is 236 Å². The van der Waals surface area contributed by atoms with E-state index in [2.05, 4.69) is 26.2 Å². The van der Waals surface area contributed by atoms with Gasteiger partial charge in [0, 0.05) is 28.4 Å². The fourth-order valence-corrected chi connectivity index (χ4v) is 6.23. The number of aliphatic imine (C=N–C) groups is 1. The van der Waals surface area contributed by atoms with Crippen LogP contribution in [-0.4, -0.2) is 17.0 Å². The minimum Gasteiger partial charge on any atom is -0.481 e. The topological polar surface area (TPSA) is 93.8 Å². The molecule has 0 bridgehead atoms. The van der Waals surface area contributed by atoms with Gasteiger partial charge in [-0.15, -0.1) is 11.3 Å². The molecular weight excluding hydrogens is 585 g/mol. The van der Waals surface area contributed by atoms with Gasteiger partial charge in [-0.2, -0.15) is 0 Å². The van der Waals surface area contributed by atoms with E-state index in [4.69, 9.17) is 4.74 Å². The summed E-state index contributed by atoms with van der Waals surface area (Å²) in [5.74, 6) is -0.526. The molecule has 198 valence electrons. The Morgan fingerprint density at radius 3 is 2.62 bits per heavy atom. The number of amides is 1. The van der Waals surface area contributed by atoms with Gasteiger partial charge in [-0.05, 0) is 83.1 Å². The Bertz CT molecular complexity index is 1560. The number of aryl methyl sites for hydroxylation is 1. The molecule has 3 aromatic carbocycles. The number of fused-ring (bicyclic) bond motifs is 1. The summed E-state index contributed by atoms with van der Waals surface area (Å²) in [5.41, 5.74) is 3.20. The van der Waals surface area contributed by atoms with Crippen LogP contribution in [0.1, 0.15) is 44.8 Å². The number of nitro groups is 1. The quantitative estimate of drug-likeness (QED) is 0.125. The van der Waals surface area contributed by atoms with Crippen molar-refractivity contribution >= 4 is 55.8 Å². The van der Waals surface area contributed by atoms with Crippen LogP contribution in [0.5, 0.6) is 5.75 Å². The highest BCUT2D eigenvalue weighted by molar-refractivity contribution is 9.10. The number of nitro benzene ring substituents is 1. The Balaban J connectivity index is 1.43. The van der Waals surface area contributed by atoms with Crippen molar-refractivity contribution in [2.24, 2.45) is 4.99 Å². The Kier molecular flexibility index (Phi) is 8.13. The third-order valence-corrected chi connectivity index (χ3v) is 8.07. The van der Waals surface area contributed by atoms with E-state index in [-0.39, 0.29) is 29.8 Å². The largest absolute Gasteiger partial charge is 0.481 e. The van der Waals surface area contributed by atoms with Crippen molar-refractivity contribution in [2.75, 3.05) is 5.32 Å². The number of benzene rings is 3. The summed E-state index contributed by atoms with van der Waals surface area (Å²) in [6, 6.07) is 18.0. The van der Waals surface area contributed by atoms with E-state index in [9.17, 15) is 19.3 Å². The third kappa shape index (κ3) is 6.23. The molecule has 0 saturated carbocycles. The lowest BCUT2D eigenvalue weighted by Gasteiger charge is -2.12. The first-order chi connectivity index (χ1) is 18.9. The predicted octanol–water partition coefficient (Wildman–Crippen LogP) is 8.02. The molecule has 0 fully saturated rings. The monoisotopic (exact) mass is 607 g/mol. The van der Waals surface area contributed by atoms with Gasteiger partial charge in [-0.3, -0.25) is 14.9 Å². The number of halogens is 2. The highest BCUT2D eigenvalue weighted by Crippen LogP contribution is 2.41. The molecule has 7 nitrogen and oxygen atoms in total. The molecule has 0 atom stereocenters. The van der Waals surface area contributed by atoms with Crippen LogP contribution in [0.25, 0.3) is 0 Å². The van der Waals surface area contributed by atoms with Crippen molar-refractivity contribution in [1.82, 2.24) is 0 Å². The molecule has 0 spiro atoms. The van der Waals surface area contributed by atoms with E-state index in [0.29, 0.717) is 31.9 Å². The standard InChI is InChI=1S/C29H23BrFN3O4S/c30-23-14-19(15-24(34(36)37)27(23)38-17-18-10-12-20(31)13-11-18)16-32-29-26(22-8-4-5-9-25(22)39-29)28(35)33-21-6-2-1-3-7-21/h1-3,6-7,10-16H,4-5,8-9,17H2,(H,33,35). The maximum atomic E-state index is 13.3. The fraction of sp³-hybridized carbons (Fsp3) is 0.172. The van der Waals surface area contributed by atoms with Crippen LogP contribution in [-0.2, 0) is 19.4 Å². The summed E-state index contributed by atoms with van der Waals surface area (Å²) in [6.45, 7) is 0.0355. The predicted molar refractivity (Wildman–Crippen MR) is 154 cm³/mol. The fourth-order valence-electron chi connectivity index (χ4n) is 4.41. The number of nitrogens with zero attached hydrogens (tertiary/aromatic N) is 2. The molecule has 1 N–H and O–H groups in total. The molecule has 1 aliphatic rings. The Morgan fingerprint density at radius 2 is 1.87 bits per heavy atom. The lowest BCUT2D eigenvalue weighted by Crippen LogP contribution is -2.14. The first-order valence-electron chi connectivity index (χ1n) is 12.3. The summed E-state index contributed by atoms with van der Waals surface area (Å²) in [5, 5.41) is 15.4. The summed E-state index contributed by atoms with van der Waals surface area (Å²) in [6.07, 6.45) is 5.32. The molecule has 0 aliphatic heterocycles. The van der Waals surface area contributed by atoms with Crippen molar-refractivity contribution in [1.29, 1.82) is 0 Å². The van der Waals surface area contributed by atoms with Gasteiger partial charge in [-0.25, -0.2) is 9.38 Å². The number of anilines is 1.